The number of nitrogen functional groups attached to an aromatic ring is 2. The summed E-state index contributed by atoms with van der Waals surface area (Å²) in [6.45, 7) is 0.225. The molecule has 1 aliphatic rings. The molecular weight excluding hydrogens is 725 g/mol. The van der Waals surface area contributed by atoms with Crippen LogP contribution in [0.15, 0.2) is 133 Å². The van der Waals surface area contributed by atoms with Gasteiger partial charge in [0, 0.05) is 35.8 Å². The second kappa shape index (κ2) is 16.4. The summed E-state index contributed by atoms with van der Waals surface area (Å²) in [5, 5.41) is 46.0. The number of aromatic carboxylic acids is 2. The van der Waals surface area contributed by atoms with Gasteiger partial charge < -0.3 is 52.0 Å². The number of benzene rings is 6. The summed E-state index contributed by atoms with van der Waals surface area (Å²) < 4.78 is 12.0. The van der Waals surface area contributed by atoms with E-state index in [0.29, 0.717) is 34.2 Å². The Balaban J connectivity index is 1.07. The molecule has 0 saturated carbocycles. The van der Waals surface area contributed by atoms with Crippen molar-refractivity contribution in [3.63, 3.8) is 0 Å². The van der Waals surface area contributed by atoms with Crippen molar-refractivity contribution < 1.29 is 39.5 Å². The van der Waals surface area contributed by atoms with Crippen LogP contribution >= 0.6 is 0 Å². The van der Waals surface area contributed by atoms with Gasteiger partial charge in [0.25, 0.3) is 0 Å². The van der Waals surface area contributed by atoms with E-state index in [4.69, 9.17) is 20.9 Å². The van der Waals surface area contributed by atoms with Crippen molar-refractivity contribution in [1.29, 1.82) is 0 Å². The van der Waals surface area contributed by atoms with E-state index in [-0.39, 0.29) is 37.4 Å². The van der Waals surface area contributed by atoms with Crippen molar-refractivity contribution in [3.05, 3.63) is 167 Å². The first-order valence-electron chi connectivity index (χ1n) is 18.3. The third kappa shape index (κ3) is 8.18. The number of nitrogens with one attached hydrogen (secondary N) is 2. The van der Waals surface area contributed by atoms with Crippen molar-refractivity contribution in [3.8, 4) is 22.6 Å². The molecule has 0 amide bonds. The molecule has 2 unspecified atom stereocenters. The summed E-state index contributed by atoms with van der Waals surface area (Å²) >= 11 is 0. The fourth-order valence-corrected chi connectivity index (χ4v) is 7.35. The molecule has 0 aliphatic heterocycles. The SMILES string of the molecule is Nc1cc(NCC(O)COc2ccc(C3(c4ccc(OCC(O)CNc5cc(N)cc(C(=O)O)c5)cc4)c4ccccc4-c4ccccc43)cc2)cc(C(=O)O)c1. The first kappa shape index (κ1) is 38.3. The second-order valence-corrected chi connectivity index (χ2v) is 13.9. The Morgan fingerprint density at radius 2 is 0.947 bits per heavy atom. The normalized spacial score (nSPS) is 13.4. The molecule has 12 nitrogen and oxygen atoms in total. The molecule has 0 spiro atoms. The van der Waals surface area contributed by atoms with Crippen molar-refractivity contribution in [2.45, 2.75) is 17.6 Å². The zero-order valence-corrected chi connectivity index (χ0v) is 30.8. The van der Waals surface area contributed by atoms with E-state index in [2.05, 4.69) is 34.9 Å². The molecule has 6 aromatic carbocycles. The summed E-state index contributed by atoms with van der Waals surface area (Å²) in [4.78, 5) is 22.8. The molecule has 57 heavy (non-hydrogen) atoms. The highest BCUT2D eigenvalue weighted by atomic mass is 16.5. The number of rotatable bonds is 16. The molecule has 0 saturated heterocycles. The molecule has 0 bridgehead atoms. The highest BCUT2D eigenvalue weighted by Gasteiger charge is 2.45. The Kier molecular flexibility index (Phi) is 11.0. The van der Waals surface area contributed by atoms with E-state index in [9.17, 15) is 30.0 Å². The van der Waals surface area contributed by atoms with Crippen LogP contribution in [-0.4, -0.2) is 70.9 Å². The van der Waals surface area contributed by atoms with Crippen LogP contribution in [0, 0.1) is 0 Å². The maximum Gasteiger partial charge on any atom is 0.335 e. The van der Waals surface area contributed by atoms with E-state index in [0.717, 1.165) is 33.4 Å². The molecule has 0 radical (unpaired) electrons. The number of carboxylic acid groups (broad SMARTS) is 2. The summed E-state index contributed by atoms with van der Waals surface area (Å²) in [6.07, 6.45) is -1.79. The smallest absolute Gasteiger partial charge is 0.335 e. The van der Waals surface area contributed by atoms with E-state index >= 15 is 0 Å². The minimum Gasteiger partial charge on any atom is -0.491 e. The Hall–Kier alpha value is -7.02. The van der Waals surface area contributed by atoms with Crippen LogP contribution in [0.2, 0.25) is 0 Å². The van der Waals surface area contributed by atoms with E-state index in [1.54, 1.807) is 12.1 Å². The van der Waals surface area contributed by atoms with Gasteiger partial charge in [0.05, 0.1) is 16.5 Å². The van der Waals surface area contributed by atoms with Gasteiger partial charge in [0.1, 0.15) is 36.9 Å². The Morgan fingerprint density at radius 1 is 0.561 bits per heavy atom. The highest BCUT2D eigenvalue weighted by molar-refractivity contribution is 5.91. The third-order valence-corrected chi connectivity index (χ3v) is 9.90. The first-order valence-corrected chi connectivity index (χ1v) is 18.3. The minimum atomic E-state index is -1.09. The Morgan fingerprint density at radius 3 is 1.33 bits per heavy atom. The zero-order chi connectivity index (χ0) is 40.1. The van der Waals surface area contributed by atoms with Crippen LogP contribution in [-0.2, 0) is 5.41 Å². The van der Waals surface area contributed by atoms with Crippen LogP contribution in [0.4, 0.5) is 22.7 Å². The molecule has 2 atom stereocenters. The Bertz CT molecular complexity index is 2230. The largest absolute Gasteiger partial charge is 0.491 e. The van der Waals surface area contributed by atoms with Gasteiger partial charge in [-0.05, 0) is 94.0 Å². The van der Waals surface area contributed by atoms with Gasteiger partial charge in [-0.25, -0.2) is 9.59 Å². The maximum absolute atomic E-state index is 11.4. The number of aliphatic hydroxyl groups is 2. The number of anilines is 4. The average molecular weight is 767 g/mol. The minimum absolute atomic E-state index is 0.00395. The number of hydrogen-bond acceptors (Lipinski definition) is 10. The average Bonchev–Trinajstić information content (AvgIpc) is 3.51. The molecular formula is C45H42N4O8. The number of nitrogens with two attached hydrogens (primary N) is 2. The molecule has 0 heterocycles. The fourth-order valence-electron chi connectivity index (χ4n) is 7.35. The molecule has 1 aliphatic carbocycles. The number of hydrogen-bond donors (Lipinski definition) is 8. The monoisotopic (exact) mass is 766 g/mol. The van der Waals surface area contributed by atoms with E-state index < -0.39 is 29.6 Å². The molecule has 0 fully saturated rings. The molecule has 10 N–H and O–H groups in total. The lowest BCUT2D eigenvalue weighted by atomic mass is 9.68. The van der Waals surface area contributed by atoms with E-state index in [1.807, 2.05) is 72.8 Å². The summed E-state index contributed by atoms with van der Waals surface area (Å²) in [6, 6.07) is 41.2. The molecule has 7 rings (SSSR count). The molecule has 12 heteroatoms. The van der Waals surface area contributed by atoms with Crippen molar-refractivity contribution in [2.75, 3.05) is 48.4 Å². The van der Waals surface area contributed by atoms with Crippen LogP contribution in [0.3, 0.4) is 0 Å². The van der Waals surface area contributed by atoms with Gasteiger partial charge in [-0.15, -0.1) is 0 Å². The zero-order valence-electron chi connectivity index (χ0n) is 30.8. The predicted octanol–water partition coefficient (Wildman–Crippen LogP) is 6.31. The third-order valence-electron chi connectivity index (χ3n) is 9.90. The second-order valence-electron chi connectivity index (χ2n) is 13.9. The lowest BCUT2D eigenvalue weighted by Crippen LogP contribution is -2.29. The van der Waals surface area contributed by atoms with Crippen LogP contribution in [0.1, 0.15) is 43.0 Å². The van der Waals surface area contributed by atoms with Gasteiger partial charge in [-0.1, -0.05) is 72.8 Å². The van der Waals surface area contributed by atoms with Gasteiger partial charge in [0.2, 0.25) is 0 Å². The number of carbonyl (C=O) groups is 2. The number of carboxylic acids is 2. The van der Waals surface area contributed by atoms with Crippen LogP contribution in [0.5, 0.6) is 11.5 Å². The van der Waals surface area contributed by atoms with Crippen LogP contribution < -0.4 is 31.6 Å². The van der Waals surface area contributed by atoms with Crippen molar-refractivity contribution in [2.24, 2.45) is 0 Å². The van der Waals surface area contributed by atoms with Gasteiger partial charge >= 0.3 is 11.9 Å². The molecule has 290 valence electrons. The topological polar surface area (TPSA) is 210 Å². The standard InChI is InChI=1S/C45H42N4O8/c46-31-17-27(43(52)53)19-33(21-31)48-23-35(50)25-56-37-13-9-29(10-14-37)45(41-7-3-1-5-39(41)40-6-2-4-8-42(40)45)30-11-15-38(16-12-30)57-26-36(51)24-49-34-20-28(44(54)55)18-32(47)22-34/h1-22,35-36,48-51H,23-26,46-47H2,(H,52,53)(H,54,55). The van der Waals surface area contributed by atoms with Gasteiger partial charge in [0.15, 0.2) is 0 Å². The number of aliphatic hydroxyl groups excluding tert-OH is 2. The first-order chi connectivity index (χ1) is 27.5. The summed E-state index contributed by atoms with van der Waals surface area (Å²) in [5.74, 6) is -1.05. The maximum atomic E-state index is 11.4. The fraction of sp³-hybridized carbons (Fsp3) is 0.156. The van der Waals surface area contributed by atoms with Gasteiger partial charge in [-0.2, -0.15) is 0 Å². The lowest BCUT2D eigenvalue weighted by molar-refractivity contribution is 0.0686. The van der Waals surface area contributed by atoms with Crippen molar-refractivity contribution >= 4 is 34.7 Å². The molecule has 0 aromatic heterocycles. The molecule has 6 aromatic rings. The number of ether oxygens (including phenoxy) is 2. The van der Waals surface area contributed by atoms with Gasteiger partial charge in [-0.3, -0.25) is 0 Å². The Labute approximate surface area is 329 Å². The summed E-state index contributed by atoms with van der Waals surface area (Å²) in [7, 11) is 0. The quantitative estimate of drug-likeness (QED) is 0.0509. The van der Waals surface area contributed by atoms with Crippen molar-refractivity contribution in [1.82, 2.24) is 0 Å². The van der Waals surface area contributed by atoms with Crippen LogP contribution in [0.25, 0.3) is 11.1 Å². The summed E-state index contributed by atoms with van der Waals surface area (Å²) in [5.41, 5.74) is 19.2. The highest BCUT2D eigenvalue weighted by Crippen LogP contribution is 2.56. The lowest BCUT2D eigenvalue weighted by Gasteiger charge is -2.34. The number of fused-ring (bicyclic) bond motifs is 3. The van der Waals surface area contributed by atoms with E-state index in [1.165, 1.54) is 24.3 Å². The predicted molar refractivity (Wildman–Crippen MR) is 219 cm³/mol.